The van der Waals surface area contributed by atoms with Gasteiger partial charge in [0.2, 0.25) is 11.0 Å². The third-order valence-corrected chi connectivity index (χ3v) is 5.19. The van der Waals surface area contributed by atoms with Crippen molar-refractivity contribution in [2.75, 3.05) is 17.6 Å². The van der Waals surface area contributed by atoms with Gasteiger partial charge < -0.3 is 10.6 Å². The number of carbonyl (C=O) groups excluding carboxylic acids is 1. The Morgan fingerprint density at radius 2 is 2.09 bits per heavy atom. The van der Waals surface area contributed by atoms with E-state index in [0.29, 0.717) is 5.75 Å². The standard InChI is InChI=1S/C16H22N4OS2/c1-3-17-15-19-20-16(23-15)22-11-14(21)18-12(2)9-10-13-7-5-4-6-8-13/h4-8,12H,3,9-11H2,1-2H3,(H,17,19)(H,18,21)/t12-/m1/s1. The fourth-order valence-electron chi connectivity index (χ4n) is 2.03. The molecule has 124 valence electrons. The monoisotopic (exact) mass is 350 g/mol. The summed E-state index contributed by atoms with van der Waals surface area (Å²) in [5.41, 5.74) is 1.30. The Morgan fingerprint density at radius 1 is 1.30 bits per heavy atom. The van der Waals surface area contributed by atoms with Crippen molar-refractivity contribution in [2.24, 2.45) is 0 Å². The molecule has 1 amide bonds. The van der Waals surface area contributed by atoms with Gasteiger partial charge in [-0.05, 0) is 32.3 Å². The number of thioether (sulfide) groups is 1. The van der Waals surface area contributed by atoms with Crippen molar-refractivity contribution in [3.8, 4) is 0 Å². The molecule has 0 aliphatic rings. The zero-order valence-corrected chi connectivity index (χ0v) is 15.0. The molecule has 23 heavy (non-hydrogen) atoms. The van der Waals surface area contributed by atoms with E-state index in [4.69, 9.17) is 0 Å². The Kier molecular flexibility index (Phi) is 7.35. The van der Waals surface area contributed by atoms with Gasteiger partial charge in [0.1, 0.15) is 0 Å². The van der Waals surface area contributed by atoms with Gasteiger partial charge in [0.25, 0.3) is 0 Å². The molecule has 1 heterocycles. The van der Waals surface area contributed by atoms with Gasteiger partial charge in [-0.25, -0.2) is 0 Å². The van der Waals surface area contributed by atoms with E-state index in [9.17, 15) is 4.79 Å². The van der Waals surface area contributed by atoms with Gasteiger partial charge in [0.05, 0.1) is 5.75 Å². The molecule has 0 saturated carbocycles. The van der Waals surface area contributed by atoms with Gasteiger partial charge in [-0.2, -0.15) is 0 Å². The lowest BCUT2D eigenvalue weighted by molar-refractivity contribution is -0.119. The van der Waals surface area contributed by atoms with E-state index in [1.54, 1.807) is 0 Å². The Bertz CT molecular complexity index is 603. The lowest BCUT2D eigenvalue weighted by Gasteiger charge is -2.13. The molecule has 7 heteroatoms. The quantitative estimate of drug-likeness (QED) is 0.680. The summed E-state index contributed by atoms with van der Waals surface area (Å²) < 4.78 is 0.813. The number of nitrogens with zero attached hydrogens (tertiary/aromatic N) is 2. The third-order valence-electron chi connectivity index (χ3n) is 3.18. The van der Waals surface area contributed by atoms with Crippen LogP contribution in [0.3, 0.4) is 0 Å². The third kappa shape index (κ3) is 6.58. The molecular weight excluding hydrogens is 328 g/mol. The molecule has 2 aromatic rings. The van der Waals surface area contributed by atoms with Crippen molar-refractivity contribution in [3.05, 3.63) is 35.9 Å². The molecule has 0 fully saturated rings. The molecule has 0 unspecified atom stereocenters. The fraction of sp³-hybridized carbons (Fsp3) is 0.438. The van der Waals surface area contributed by atoms with Crippen molar-refractivity contribution in [1.29, 1.82) is 0 Å². The molecule has 0 bridgehead atoms. The minimum Gasteiger partial charge on any atom is -0.360 e. The van der Waals surface area contributed by atoms with Crippen LogP contribution < -0.4 is 10.6 Å². The van der Waals surface area contributed by atoms with E-state index in [0.717, 1.165) is 28.9 Å². The summed E-state index contributed by atoms with van der Waals surface area (Å²) in [6.07, 6.45) is 1.90. The number of amides is 1. The SMILES string of the molecule is CCNc1nnc(SCC(=O)N[C@H](C)CCc2ccccc2)s1. The van der Waals surface area contributed by atoms with Gasteiger partial charge in [0.15, 0.2) is 4.34 Å². The molecule has 1 atom stereocenters. The predicted octanol–water partition coefficient (Wildman–Crippen LogP) is 3.20. The van der Waals surface area contributed by atoms with Gasteiger partial charge >= 0.3 is 0 Å². The summed E-state index contributed by atoms with van der Waals surface area (Å²) in [5.74, 6) is 0.409. The van der Waals surface area contributed by atoms with Crippen LogP contribution in [-0.2, 0) is 11.2 Å². The van der Waals surface area contributed by atoms with Crippen LogP contribution in [0, 0.1) is 0 Å². The molecule has 2 N–H and O–H groups in total. The van der Waals surface area contributed by atoms with Crippen LogP contribution in [-0.4, -0.2) is 34.4 Å². The number of carbonyl (C=O) groups is 1. The molecule has 5 nitrogen and oxygen atoms in total. The van der Waals surface area contributed by atoms with Crippen molar-refractivity contribution in [3.63, 3.8) is 0 Å². The van der Waals surface area contributed by atoms with Crippen molar-refractivity contribution < 1.29 is 4.79 Å². The summed E-state index contributed by atoms with van der Waals surface area (Å²) >= 11 is 2.90. The molecular formula is C16H22N4OS2. The lowest BCUT2D eigenvalue weighted by Crippen LogP contribution is -2.34. The molecule has 2 rings (SSSR count). The highest BCUT2D eigenvalue weighted by molar-refractivity contribution is 8.01. The first-order chi connectivity index (χ1) is 11.2. The second-order valence-electron chi connectivity index (χ2n) is 5.18. The van der Waals surface area contributed by atoms with Crippen molar-refractivity contribution in [2.45, 2.75) is 37.1 Å². The highest BCUT2D eigenvalue weighted by atomic mass is 32.2. The summed E-state index contributed by atoms with van der Waals surface area (Å²) in [4.78, 5) is 12.0. The number of hydrogen-bond donors (Lipinski definition) is 2. The first-order valence-electron chi connectivity index (χ1n) is 7.71. The van der Waals surface area contributed by atoms with E-state index < -0.39 is 0 Å². The summed E-state index contributed by atoms with van der Waals surface area (Å²) in [6, 6.07) is 10.5. The molecule has 0 aliphatic heterocycles. The van der Waals surface area contributed by atoms with Crippen LogP contribution in [0.5, 0.6) is 0 Å². The van der Waals surface area contributed by atoms with E-state index in [1.165, 1.54) is 28.7 Å². The molecule has 0 radical (unpaired) electrons. The topological polar surface area (TPSA) is 66.9 Å². The van der Waals surface area contributed by atoms with Crippen LogP contribution in [0.4, 0.5) is 5.13 Å². The number of aromatic nitrogens is 2. The Morgan fingerprint density at radius 3 is 2.83 bits per heavy atom. The number of nitrogens with one attached hydrogen (secondary N) is 2. The highest BCUT2D eigenvalue weighted by Crippen LogP contribution is 2.25. The van der Waals surface area contributed by atoms with E-state index in [2.05, 4.69) is 33.0 Å². The maximum atomic E-state index is 12.0. The van der Waals surface area contributed by atoms with Gasteiger partial charge in [-0.3, -0.25) is 4.79 Å². The van der Waals surface area contributed by atoms with Gasteiger partial charge in [0, 0.05) is 12.6 Å². The fourth-order valence-corrected chi connectivity index (χ4v) is 3.67. The summed E-state index contributed by atoms with van der Waals surface area (Å²) in [7, 11) is 0. The van der Waals surface area contributed by atoms with Crippen LogP contribution in [0.15, 0.2) is 34.7 Å². The Labute approximate surface area is 145 Å². The number of anilines is 1. The Balaban J connectivity index is 1.67. The smallest absolute Gasteiger partial charge is 0.230 e. The summed E-state index contributed by atoms with van der Waals surface area (Å²) in [5, 5.41) is 15.0. The van der Waals surface area contributed by atoms with Gasteiger partial charge in [-0.15, -0.1) is 10.2 Å². The lowest BCUT2D eigenvalue weighted by atomic mass is 10.1. The number of rotatable bonds is 9. The predicted molar refractivity (Wildman–Crippen MR) is 97.2 cm³/mol. The van der Waals surface area contributed by atoms with Crippen LogP contribution in [0.2, 0.25) is 0 Å². The molecule has 1 aromatic heterocycles. The minimum atomic E-state index is 0.0377. The maximum absolute atomic E-state index is 12.0. The van der Waals surface area contributed by atoms with Gasteiger partial charge in [-0.1, -0.05) is 53.4 Å². The molecule has 0 aliphatic carbocycles. The van der Waals surface area contributed by atoms with E-state index >= 15 is 0 Å². The van der Waals surface area contributed by atoms with Crippen LogP contribution in [0.25, 0.3) is 0 Å². The zero-order chi connectivity index (χ0) is 16.5. The Hall–Kier alpha value is -1.60. The highest BCUT2D eigenvalue weighted by Gasteiger charge is 2.10. The number of benzene rings is 1. The van der Waals surface area contributed by atoms with Crippen molar-refractivity contribution in [1.82, 2.24) is 15.5 Å². The molecule has 0 spiro atoms. The average Bonchev–Trinajstić information content (AvgIpc) is 3.00. The normalized spacial score (nSPS) is 11.9. The van der Waals surface area contributed by atoms with Crippen molar-refractivity contribution >= 4 is 34.1 Å². The first-order valence-corrected chi connectivity index (χ1v) is 9.51. The minimum absolute atomic E-state index is 0.0377. The summed E-state index contributed by atoms with van der Waals surface area (Å²) in [6.45, 7) is 4.87. The first kappa shape index (κ1) is 17.7. The van der Waals surface area contributed by atoms with E-state index in [-0.39, 0.29) is 11.9 Å². The largest absolute Gasteiger partial charge is 0.360 e. The van der Waals surface area contributed by atoms with Crippen LogP contribution in [0.1, 0.15) is 25.8 Å². The van der Waals surface area contributed by atoms with Crippen LogP contribution >= 0.6 is 23.1 Å². The number of aryl methyl sites for hydroxylation is 1. The molecule has 1 aromatic carbocycles. The second kappa shape index (κ2) is 9.52. The van der Waals surface area contributed by atoms with E-state index in [1.807, 2.05) is 32.0 Å². The number of hydrogen-bond acceptors (Lipinski definition) is 6. The zero-order valence-electron chi connectivity index (χ0n) is 13.4. The molecule has 0 saturated heterocycles. The average molecular weight is 351 g/mol. The maximum Gasteiger partial charge on any atom is 0.230 e. The second-order valence-corrected chi connectivity index (χ2v) is 7.38.